The number of pyridine rings is 1. The Morgan fingerprint density at radius 1 is 1.00 bits per heavy atom. The Hall–Kier alpha value is -1.79. The molecule has 2 N–H and O–H groups in total. The SMILES string of the molecule is Cl.NCCN(CCc1ccccc1)Cc1csc(-c2ccccn2)n1. The lowest BCUT2D eigenvalue weighted by atomic mass is 10.1. The molecule has 1 aromatic carbocycles. The van der Waals surface area contributed by atoms with Crippen molar-refractivity contribution < 1.29 is 0 Å². The van der Waals surface area contributed by atoms with E-state index in [1.54, 1.807) is 17.5 Å². The minimum Gasteiger partial charge on any atom is -0.329 e. The Morgan fingerprint density at radius 2 is 1.80 bits per heavy atom. The number of thiazole rings is 1. The molecule has 3 aromatic rings. The van der Waals surface area contributed by atoms with Crippen LogP contribution < -0.4 is 5.73 Å². The maximum absolute atomic E-state index is 5.78. The van der Waals surface area contributed by atoms with Crippen molar-refractivity contribution in [2.45, 2.75) is 13.0 Å². The molecule has 0 atom stereocenters. The molecule has 6 heteroatoms. The Bertz CT molecular complexity index is 733. The van der Waals surface area contributed by atoms with E-state index in [1.165, 1.54) is 5.56 Å². The number of nitrogens with zero attached hydrogens (tertiary/aromatic N) is 3. The maximum atomic E-state index is 5.78. The first-order valence-corrected chi connectivity index (χ1v) is 9.05. The van der Waals surface area contributed by atoms with Gasteiger partial charge in [-0.3, -0.25) is 9.88 Å². The van der Waals surface area contributed by atoms with Crippen molar-refractivity contribution in [1.29, 1.82) is 0 Å². The van der Waals surface area contributed by atoms with Gasteiger partial charge >= 0.3 is 0 Å². The molecule has 4 nitrogen and oxygen atoms in total. The Labute approximate surface area is 159 Å². The van der Waals surface area contributed by atoms with Crippen LogP contribution in [-0.2, 0) is 13.0 Å². The van der Waals surface area contributed by atoms with Crippen molar-refractivity contribution in [3.63, 3.8) is 0 Å². The molecule has 0 saturated carbocycles. The average molecular weight is 375 g/mol. The zero-order chi connectivity index (χ0) is 16.6. The zero-order valence-electron chi connectivity index (χ0n) is 14.0. The van der Waals surface area contributed by atoms with Crippen LogP contribution in [0.2, 0.25) is 0 Å². The van der Waals surface area contributed by atoms with Crippen molar-refractivity contribution in [2.24, 2.45) is 5.73 Å². The normalized spacial score (nSPS) is 10.6. The first-order chi connectivity index (χ1) is 11.8. The van der Waals surface area contributed by atoms with Gasteiger partial charge in [0.25, 0.3) is 0 Å². The number of hydrogen-bond acceptors (Lipinski definition) is 5. The van der Waals surface area contributed by atoms with Crippen LogP contribution in [0, 0.1) is 0 Å². The Kier molecular flexibility index (Phi) is 8.01. The van der Waals surface area contributed by atoms with Crippen molar-refractivity contribution in [3.8, 4) is 10.7 Å². The van der Waals surface area contributed by atoms with Crippen LogP contribution in [0.15, 0.2) is 60.1 Å². The lowest BCUT2D eigenvalue weighted by molar-refractivity contribution is 0.274. The van der Waals surface area contributed by atoms with Gasteiger partial charge in [0.15, 0.2) is 0 Å². The molecule has 2 aromatic heterocycles. The highest BCUT2D eigenvalue weighted by molar-refractivity contribution is 7.13. The third-order valence-corrected chi connectivity index (χ3v) is 4.74. The van der Waals surface area contributed by atoms with E-state index in [0.717, 1.165) is 42.5 Å². The summed E-state index contributed by atoms with van der Waals surface area (Å²) in [7, 11) is 0. The van der Waals surface area contributed by atoms with E-state index < -0.39 is 0 Å². The summed E-state index contributed by atoms with van der Waals surface area (Å²) in [5, 5.41) is 3.09. The molecular weight excluding hydrogens is 352 g/mol. The highest BCUT2D eigenvalue weighted by Gasteiger charge is 2.10. The lowest BCUT2D eigenvalue weighted by Gasteiger charge is -2.20. The van der Waals surface area contributed by atoms with E-state index in [0.29, 0.717) is 6.54 Å². The summed E-state index contributed by atoms with van der Waals surface area (Å²) >= 11 is 1.65. The summed E-state index contributed by atoms with van der Waals surface area (Å²) in [6, 6.07) is 16.5. The summed E-state index contributed by atoms with van der Waals surface area (Å²) in [5.41, 5.74) is 9.15. The Balaban J connectivity index is 0.00000225. The third kappa shape index (κ3) is 5.90. The number of nitrogens with two attached hydrogens (primary N) is 1. The van der Waals surface area contributed by atoms with Crippen LogP contribution in [0.4, 0.5) is 0 Å². The van der Waals surface area contributed by atoms with E-state index >= 15 is 0 Å². The van der Waals surface area contributed by atoms with E-state index in [9.17, 15) is 0 Å². The van der Waals surface area contributed by atoms with Gasteiger partial charge < -0.3 is 5.73 Å². The van der Waals surface area contributed by atoms with Gasteiger partial charge in [-0.25, -0.2) is 4.98 Å². The molecule has 0 fully saturated rings. The quantitative estimate of drug-likeness (QED) is 0.654. The summed E-state index contributed by atoms with van der Waals surface area (Å²) in [6.07, 6.45) is 2.83. The largest absolute Gasteiger partial charge is 0.329 e. The van der Waals surface area contributed by atoms with E-state index in [1.807, 2.05) is 18.2 Å². The topological polar surface area (TPSA) is 55.0 Å². The number of hydrogen-bond donors (Lipinski definition) is 1. The molecule has 0 bridgehead atoms. The molecular formula is C19H23ClN4S. The third-order valence-electron chi connectivity index (χ3n) is 3.83. The van der Waals surface area contributed by atoms with Crippen molar-refractivity contribution >= 4 is 23.7 Å². The molecule has 0 saturated heterocycles. The summed E-state index contributed by atoms with van der Waals surface area (Å²) in [4.78, 5) is 11.5. The molecule has 2 heterocycles. The molecule has 0 spiro atoms. The van der Waals surface area contributed by atoms with E-state index in [-0.39, 0.29) is 12.4 Å². The zero-order valence-corrected chi connectivity index (χ0v) is 15.7. The van der Waals surface area contributed by atoms with Gasteiger partial charge in [-0.05, 0) is 24.1 Å². The van der Waals surface area contributed by atoms with Crippen molar-refractivity contribution in [1.82, 2.24) is 14.9 Å². The molecule has 0 amide bonds. The molecule has 0 aliphatic heterocycles. The fraction of sp³-hybridized carbons (Fsp3) is 0.263. The molecule has 132 valence electrons. The number of benzene rings is 1. The van der Waals surface area contributed by atoms with Crippen LogP contribution in [0.5, 0.6) is 0 Å². The van der Waals surface area contributed by atoms with Crippen molar-refractivity contribution in [3.05, 3.63) is 71.4 Å². The first-order valence-electron chi connectivity index (χ1n) is 8.17. The van der Waals surface area contributed by atoms with Gasteiger partial charge in [0.1, 0.15) is 5.01 Å². The number of rotatable bonds is 8. The van der Waals surface area contributed by atoms with Crippen molar-refractivity contribution in [2.75, 3.05) is 19.6 Å². The molecule has 0 unspecified atom stereocenters. The minimum absolute atomic E-state index is 0. The predicted molar refractivity (Wildman–Crippen MR) is 107 cm³/mol. The van der Waals surface area contributed by atoms with Gasteiger partial charge in [0, 0.05) is 37.8 Å². The summed E-state index contributed by atoms with van der Waals surface area (Å²) < 4.78 is 0. The van der Waals surface area contributed by atoms with Crippen LogP contribution in [0.25, 0.3) is 10.7 Å². The van der Waals surface area contributed by atoms with E-state index in [2.05, 4.69) is 45.6 Å². The molecule has 0 aliphatic rings. The summed E-state index contributed by atoms with van der Waals surface area (Å²) in [5.74, 6) is 0. The van der Waals surface area contributed by atoms with Gasteiger partial charge in [-0.15, -0.1) is 23.7 Å². The second-order valence-electron chi connectivity index (χ2n) is 5.66. The second kappa shape index (κ2) is 10.3. The van der Waals surface area contributed by atoms with Crippen LogP contribution in [0.1, 0.15) is 11.3 Å². The molecule has 0 radical (unpaired) electrons. The number of halogens is 1. The standard InChI is InChI=1S/C19H22N4S.ClH/c20-10-13-23(12-9-16-6-2-1-3-7-16)14-17-15-24-19(22-17)18-8-4-5-11-21-18;/h1-8,11,15H,9-10,12-14,20H2;1H. The van der Waals surface area contributed by atoms with Gasteiger partial charge in [-0.2, -0.15) is 0 Å². The fourth-order valence-electron chi connectivity index (χ4n) is 2.60. The predicted octanol–water partition coefficient (Wildman–Crippen LogP) is 3.63. The smallest absolute Gasteiger partial charge is 0.142 e. The Morgan fingerprint density at radius 3 is 2.52 bits per heavy atom. The first kappa shape index (κ1) is 19.5. The van der Waals surface area contributed by atoms with Gasteiger partial charge in [-0.1, -0.05) is 36.4 Å². The van der Waals surface area contributed by atoms with Crippen LogP contribution in [-0.4, -0.2) is 34.5 Å². The monoisotopic (exact) mass is 374 g/mol. The van der Waals surface area contributed by atoms with Gasteiger partial charge in [0.2, 0.25) is 0 Å². The second-order valence-corrected chi connectivity index (χ2v) is 6.52. The van der Waals surface area contributed by atoms with E-state index in [4.69, 9.17) is 10.7 Å². The average Bonchev–Trinajstić information content (AvgIpc) is 3.10. The number of aromatic nitrogens is 2. The molecule has 3 rings (SSSR count). The summed E-state index contributed by atoms with van der Waals surface area (Å²) in [6.45, 7) is 3.35. The highest BCUT2D eigenvalue weighted by atomic mass is 35.5. The maximum Gasteiger partial charge on any atom is 0.142 e. The van der Waals surface area contributed by atoms with Crippen LogP contribution >= 0.6 is 23.7 Å². The van der Waals surface area contributed by atoms with Gasteiger partial charge in [0.05, 0.1) is 11.4 Å². The van der Waals surface area contributed by atoms with Crippen LogP contribution in [0.3, 0.4) is 0 Å². The lowest BCUT2D eigenvalue weighted by Crippen LogP contribution is -2.31. The highest BCUT2D eigenvalue weighted by Crippen LogP contribution is 2.22. The molecule has 0 aliphatic carbocycles. The fourth-order valence-corrected chi connectivity index (χ4v) is 3.39. The molecule has 25 heavy (non-hydrogen) atoms. The minimum atomic E-state index is 0.